The molecule has 2 aromatic carbocycles. The van der Waals surface area contributed by atoms with Gasteiger partial charge in [0, 0.05) is 30.9 Å². The van der Waals surface area contributed by atoms with E-state index >= 15 is 0 Å². The van der Waals surface area contributed by atoms with E-state index in [0.29, 0.717) is 17.1 Å². The van der Waals surface area contributed by atoms with Crippen molar-refractivity contribution in [2.24, 2.45) is 0 Å². The topological polar surface area (TPSA) is 96.3 Å². The highest BCUT2D eigenvalue weighted by atomic mass is 16.2. The molecule has 3 amide bonds. The highest BCUT2D eigenvalue weighted by molar-refractivity contribution is 6.10. The summed E-state index contributed by atoms with van der Waals surface area (Å²) >= 11 is 0. The standard InChI is InChI=1S/C21H19N5O3/c27-19(23-15-5-3-6-16(13-15)26-12-4-11-22-26)9-10-21(29)25-14-20(28)24-17-7-1-2-8-18(17)25/h1-8,11-13H,9-10,14H2,(H,23,27)(H,24,28). The molecule has 0 unspecified atom stereocenters. The summed E-state index contributed by atoms with van der Waals surface area (Å²) < 4.78 is 1.69. The van der Waals surface area contributed by atoms with Crippen LogP contribution < -0.4 is 15.5 Å². The van der Waals surface area contributed by atoms with E-state index in [-0.39, 0.29) is 37.1 Å². The zero-order chi connectivity index (χ0) is 20.2. The summed E-state index contributed by atoms with van der Waals surface area (Å²) in [6.45, 7) is -0.0522. The smallest absolute Gasteiger partial charge is 0.244 e. The molecule has 0 fully saturated rings. The van der Waals surface area contributed by atoms with Crippen molar-refractivity contribution in [1.82, 2.24) is 9.78 Å². The lowest BCUT2D eigenvalue weighted by Gasteiger charge is -2.29. The lowest BCUT2D eigenvalue weighted by molar-refractivity contribution is -0.124. The summed E-state index contributed by atoms with van der Waals surface area (Å²) in [6.07, 6.45) is 3.51. The van der Waals surface area contributed by atoms with Gasteiger partial charge in [-0.25, -0.2) is 4.68 Å². The molecule has 2 N–H and O–H groups in total. The van der Waals surface area contributed by atoms with Gasteiger partial charge in [0.05, 0.1) is 17.1 Å². The zero-order valence-corrected chi connectivity index (χ0v) is 15.5. The van der Waals surface area contributed by atoms with Crippen LogP contribution in [0.25, 0.3) is 5.69 Å². The number of nitrogens with one attached hydrogen (secondary N) is 2. The number of nitrogens with zero attached hydrogens (tertiary/aromatic N) is 3. The molecule has 0 bridgehead atoms. The number of benzene rings is 2. The predicted octanol–water partition coefficient (Wildman–Crippen LogP) is 2.58. The number of fused-ring (bicyclic) bond motifs is 1. The van der Waals surface area contributed by atoms with Gasteiger partial charge >= 0.3 is 0 Å². The summed E-state index contributed by atoms with van der Waals surface area (Å²) in [7, 11) is 0. The molecule has 8 heteroatoms. The molecule has 29 heavy (non-hydrogen) atoms. The fourth-order valence-corrected chi connectivity index (χ4v) is 3.18. The van der Waals surface area contributed by atoms with Crippen LogP contribution in [-0.2, 0) is 14.4 Å². The number of amides is 3. The molecule has 1 aromatic heterocycles. The van der Waals surface area contributed by atoms with Crippen molar-refractivity contribution in [1.29, 1.82) is 0 Å². The molecule has 0 saturated carbocycles. The SMILES string of the molecule is O=C(CCC(=O)N1CC(=O)Nc2ccccc21)Nc1cccc(-n2cccn2)c1. The summed E-state index contributed by atoms with van der Waals surface area (Å²) in [5, 5.41) is 9.70. The average Bonchev–Trinajstić information content (AvgIpc) is 3.26. The van der Waals surface area contributed by atoms with Crippen LogP contribution in [0.15, 0.2) is 67.0 Å². The molecule has 8 nitrogen and oxygen atoms in total. The molecule has 1 aliphatic heterocycles. The first-order chi connectivity index (χ1) is 14.1. The Labute approximate surface area is 167 Å². The fourth-order valence-electron chi connectivity index (χ4n) is 3.18. The molecule has 0 spiro atoms. The van der Waals surface area contributed by atoms with Crippen molar-refractivity contribution >= 4 is 34.8 Å². The van der Waals surface area contributed by atoms with Crippen molar-refractivity contribution in [3.8, 4) is 5.69 Å². The monoisotopic (exact) mass is 389 g/mol. The first-order valence-corrected chi connectivity index (χ1v) is 9.19. The van der Waals surface area contributed by atoms with Crippen molar-refractivity contribution in [2.75, 3.05) is 22.1 Å². The van der Waals surface area contributed by atoms with E-state index in [4.69, 9.17) is 0 Å². The minimum absolute atomic E-state index is 0.00624. The van der Waals surface area contributed by atoms with Crippen molar-refractivity contribution in [3.63, 3.8) is 0 Å². The molecule has 0 saturated heterocycles. The van der Waals surface area contributed by atoms with Crippen molar-refractivity contribution in [2.45, 2.75) is 12.8 Å². The van der Waals surface area contributed by atoms with Crippen LogP contribution >= 0.6 is 0 Å². The van der Waals surface area contributed by atoms with Gasteiger partial charge in [-0.15, -0.1) is 0 Å². The number of aromatic nitrogens is 2. The summed E-state index contributed by atoms with van der Waals surface area (Å²) in [5.41, 5.74) is 2.68. The Hall–Kier alpha value is -3.94. The highest BCUT2D eigenvalue weighted by Gasteiger charge is 2.26. The Kier molecular flexibility index (Phi) is 5.07. The van der Waals surface area contributed by atoms with Crippen LogP contribution in [-0.4, -0.2) is 34.0 Å². The first kappa shape index (κ1) is 18.4. The number of carbonyl (C=O) groups excluding carboxylic acids is 3. The number of hydrogen-bond acceptors (Lipinski definition) is 4. The van der Waals surface area contributed by atoms with Crippen LogP contribution in [0.5, 0.6) is 0 Å². The van der Waals surface area contributed by atoms with Crippen LogP contribution in [0.1, 0.15) is 12.8 Å². The molecular formula is C21H19N5O3. The van der Waals surface area contributed by atoms with Crippen LogP contribution in [0, 0.1) is 0 Å². The third-order valence-electron chi connectivity index (χ3n) is 4.54. The Morgan fingerprint density at radius 1 is 1.07 bits per heavy atom. The van der Waals surface area contributed by atoms with Crippen LogP contribution in [0.2, 0.25) is 0 Å². The van der Waals surface area contributed by atoms with Gasteiger partial charge in [0.2, 0.25) is 17.7 Å². The van der Waals surface area contributed by atoms with Gasteiger partial charge < -0.3 is 15.5 Å². The molecule has 0 atom stereocenters. The van der Waals surface area contributed by atoms with E-state index in [9.17, 15) is 14.4 Å². The maximum absolute atomic E-state index is 12.6. The largest absolute Gasteiger partial charge is 0.326 e. The maximum Gasteiger partial charge on any atom is 0.244 e. The van der Waals surface area contributed by atoms with Crippen LogP contribution in [0.4, 0.5) is 17.1 Å². The van der Waals surface area contributed by atoms with Gasteiger partial charge in [-0.05, 0) is 36.4 Å². The second-order valence-corrected chi connectivity index (χ2v) is 6.59. The lowest BCUT2D eigenvalue weighted by atomic mass is 10.1. The molecule has 0 radical (unpaired) electrons. The molecule has 146 valence electrons. The second-order valence-electron chi connectivity index (χ2n) is 6.59. The number of carbonyl (C=O) groups is 3. The molecule has 4 rings (SSSR count). The molecule has 3 aromatic rings. The van der Waals surface area contributed by atoms with E-state index in [2.05, 4.69) is 15.7 Å². The van der Waals surface area contributed by atoms with Crippen LogP contribution in [0.3, 0.4) is 0 Å². The highest BCUT2D eigenvalue weighted by Crippen LogP contribution is 2.29. The third kappa shape index (κ3) is 4.16. The Bertz CT molecular complexity index is 1060. The van der Waals surface area contributed by atoms with Gasteiger partial charge in [0.1, 0.15) is 6.54 Å². The van der Waals surface area contributed by atoms with Crippen molar-refractivity contribution < 1.29 is 14.4 Å². The predicted molar refractivity (Wildman–Crippen MR) is 109 cm³/mol. The Balaban J connectivity index is 1.37. The Morgan fingerprint density at radius 2 is 1.93 bits per heavy atom. The van der Waals surface area contributed by atoms with Gasteiger partial charge in [0.15, 0.2) is 0 Å². The molecule has 2 heterocycles. The quantitative estimate of drug-likeness (QED) is 0.701. The van der Waals surface area contributed by atoms with Gasteiger partial charge in [-0.2, -0.15) is 5.10 Å². The second kappa shape index (κ2) is 7.97. The van der Waals surface area contributed by atoms with Gasteiger partial charge in [-0.3, -0.25) is 14.4 Å². The van der Waals surface area contributed by atoms with Gasteiger partial charge in [0.25, 0.3) is 0 Å². The summed E-state index contributed by atoms with van der Waals surface area (Å²) in [4.78, 5) is 38.2. The maximum atomic E-state index is 12.6. The third-order valence-corrected chi connectivity index (χ3v) is 4.54. The lowest BCUT2D eigenvalue weighted by Crippen LogP contribution is -2.42. The summed E-state index contributed by atoms with van der Waals surface area (Å²) in [5.74, 6) is -0.796. The zero-order valence-electron chi connectivity index (χ0n) is 15.5. The number of para-hydroxylation sites is 2. The minimum Gasteiger partial charge on any atom is -0.326 e. The van der Waals surface area contributed by atoms with E-state index in [1.165, 1.54) is 4.90 Å². The normalized spacial score (nSPS) is 12.8. The fraction of sp³-hybridized carbons (Fsp3) is 0.143. The van der Waals surface area contributed by atoms with E-state index in [0.717, 1.165) is 5.69 Å². The molecule has 1 aliphatic rings. The number of rotatable bonds is 5. The number of hydrogen-bond donors (Lipinski definition) is 2. The van der Waals surface area contributed by atoms with E-state index in [1.54, 1.807) is 47.3 Å². The average molecular weight is 389 g/mol. The Morgan fingerprint density at radius 3 is 2.76 bits per heavy atom. The molecular weight excluding hydrogens is 370 g/mol. The van der Waals surface area contributed by atoms with E-state index < -0.39 is 0 Å². The molecule has 0 aliphatic carbocycles. The van der Waals surface area contributed by atoms with E-state index in [1.807, 2.05) is 24.4 Å². The summed E-state index contributed by atoms with van der Waals surface area (Å²) in [6, 6.07) is 16.2. The van der Waals surface area contributed by atoms with Crippen molar-refractivity contribution in [3.05, 3.63) is 67.0 Å². The first-order valence-electron chi connectivity index (χ1n) is 9.19. The number of anilines is 3. The van der Waals surface area contributed by atoms with Gasteiger partial charge in [-0.1, -0.05) is 18.2 Å². The minimum atomic E-state index is -0.272.